The molecule has 4 aromatic rings. The molecule has 7 nitrogen and oxygen atoms in total. The van der Waals surface area contributed by atoms with Gasteiger partial charge in [0.2, 0.25) is 0 Å². The van der Waals surface area contributed by atoms with E-state index in [4.69, 9.17) is 0 Å². The second-order valence-electron chi connectivity index (χ2n) is 9.29. The summed E-state index contributed by atoms with van der Waals surface area (Å²) in [6, 6.07) is 18.8. The highest BCUT2D eigenvalue weighted by atomic mass is 19.4. The number of carbonyl (C=O) groups is 2. The molecule has 0 atom stereocenters. The lowest BCUT2D eigenvalue weighted by Gasteiger charge is -2.19. The van der Waals surface area contributed by atoms with E-state index in [1.165, 1.54) is 30.3 Å². The zero-order chi connectivity index (χ0) is 28.8. The number of rotatable bonds is 5. The first-order valence-electron chi connectivity index (χ1n) is 12.1. The van der Waals surface area contributed by atoms with Crippen molar-refractivity contribution >= 4 is 34.7 Å². The number of hydrogen-bond acceptors (Lipinski definition) is 5. The van der Waals surface area contributed by atoms with Crippen molar-refractivity contribution in [3.05, 3.63) is 107 Å². The van der Waals surface area contributed by atoms with Crippen molar-refractivity contribution in [3.63, 3.8) is 0 Å². The number of aryl methyl sites for hydroxylation is 2. The van der Waals surface area contributed by atoms with Gasteiger partial charge in [0.1, 0.15) is 5.75 Å². The van der Waals surface area contributed by atoms with Crippen LogP contribution in [0.3, 0.4) is 0 Å². The number of fused-ring (bicyclic) bond motifs is 1. The summed E-state index contributed by atoms with van der Waals surface area (Å²) >= 11 is 0. The number of hydrazone groups is 1. The summed E-state index contributed by atoms with van der Waals surface area (Å²) in [4.78, 5) is 27.0. The standard InChI is InChI=1S/C30H22F3N3O4/c1-16-13-17(2)25-23(14-16)36(19-8-5-7-18(15-19)30(31,32)33)28(38)27(25)35-34-26-21(10-6-11-22(26)29(39)40)20-9-3-4-12-24(20)37/h3-15,34,37H,1-2H3,(H,39,40)/b35-27-. The van der Waals surface area contributed by atoms with Gasteiger partial charge in [-0.2, -0.15) is 18.3 Å². The number of hydrogen-bond donors (Lipinski definition) is 3. The number of phenolic OH excluding ortho intramolecular Hbond substituents is 1. The normalized spacial score (nSPS) is 14.0. The molecule has 40 heavy (non-hydrogen) atoms. The van der Waals surface area contributed by atoms with Crippen LogP contribution in [0.25, 0.3) is 11.1 Å². The molecule has 1 amide bonds. The maximum Gasteiger partial charge on any atom is 0.416 e. The Morgan fingerprint density at radius 3 is 2.33 bits per heavy atom. The molecule has 0 aliphatic carbocycles. The first-order valence-corrected chi connectivity index (χ1v) is 12.1. The Balaban J connectivity index is 1.66. The molecule has 1 aliphatic rings. The van der Waals surface area contributed by atoms with Crippen LogP contribution in [0.15, 0.2) is 84.0 Å². The number of aromatic carboxylic acids is 1. The summed E-state index contributed by atoms with van der Waals surface area (Å²) in [7, 11) is 0. The summed E-state index contributed by atoms with van der Waals surface area (Å²) in [6.07, 6.45) is -4.61. The summed E-state index contributed by atoms with van der Waals surface area (Å²) in [5.74, 6) is -2.05. The Labute approximate surface area is 226 Å². The third-order valence-corrected chi connectivity index (χ3v) is 6.54. The van der Waals surface area contributed by atoms with Gasteiger partial charge >= 0.3 is 12.1 Å². The van der Waals surface area contributed by atoms with E-state index in [-0.39, 0.29) is 28.4 Å². The fourth-order valence-corrected chi connectivity index (χ4v) is 4.82. The van der Waals surface area contributed by atoms with Crippen molar-refractivity contribution in [2.75, 3.05) is 10.3 Å². The van der Waals surface area contributed by atoms with E-state index in [0.29, 0.717) is 27.9 Å². The third kappa shape index (κ3) is 4.64. The number of aromatic hydroxyl groups is 1. The van der Waals surface area contributed by atoms with E-state index in [9.17, 15) is 33.0 Å². The molecule has 0 spiro atoms. The van der Waals surface area contributed by atoms with Crippen molar-refractivity contribution in [2.45, 2.75) is 20.0 Å². The topological polar surface area (TPSA) is 102 Å². The van der Waals surface area contributed by atoms with Crippen LogP contribution < -0.4 is 10.3 Å². The minimum Gasteiger partial charge on any atom is -0.507 e. The first kappa shape index (κ1) is 26.5. The van der Waals surface area contributed by atoms with E-state index in [2.05, 4.69) is 10.5 Å². The third-order valence-electron chi connectivity index (χ3n) is 6.54. The van der Waals surface area contributed by atoms with E-state index in [1.54, 1.807) is 44.2 Å². The summed E-state index contributed by atoms with van der Waals surface area (Å²) in [6.45, 7) is 3.56. The minimum atomic E-state index is -4.61. The van der Waals surface area contributed by atoms with Crippen LogP contribution in [-0.4, -0.2) is 27.8 Å². The van der Waals surface area contributed by atoms with Crippen LogP contribution in [0.2, 0.25) is 0 Å². The molecule has 3 N–H and O–H groups in total. The number of carboxylic acids is 1. The van der Waals surface area contributed by atoms with E-state index >= 15 is 0 Å². The van der Waals surface area contributed by atoms with Crippen molar-refractivity contribution < 1.29 is 33.0 Å². The van der Waals surface area contributed by atoms with Gasteiger partial charge in [-0.05, 0) is 61.4 Å². The molecule has 1 aliphatic heterocycles. The fraction of sp³-hybridized carbons (Fsp3) is 0.100. The number of amides is 1. The molecule has 202 valence electrons. The van der Waals surface area contributed by atoms with Crippen molar-refractivity contribution in [1.82, 2.24) is 0 Å². The lowest BCUT2D eigenvalue weighted by molar-refractivity contribution is -0.137. The summed E-state index contributed by atoms with van der Waals surface area (Å²) in [5.41, 5.74) is 4.45. The first-order chi connectivity index (χ1) is 19.0. The molecular weight excluding hydrogens is 523 g/mol. The lowest BCUT2D eigenvalue weighted by Crippen LogP contribution is -2.26. The van der Waals surface area contributed by atoms with Crippen LogP contribution >= 0.6 is 0 Å². The van der Waals surface area contributed by atoms with Crippen LogP contribution in [-0.2, 0) is 11.0 Å². The molecule has 10 heteroatoms. The molecular formula is C30H22F3N3O4. The minimum absolute atomic E-state index is 0.0112. The van der Waals surface area contributed by atoms with E-state index in [0.717, 1.165) is 22.6 Å². The average molecular weight is 546 g/mol. The number of carboxylic acid groups (broad SMARTS) is 1. The number of nitrogens with zero attached hydrogens (tertiary/aromatic N) is 2. The maximum absolute atomic E-state index is 13.8. The van der Waals surface area contributed by atoms with Crippen molar-refractivity contribution in [2.24, 2.45) is 5.10 Å². The molecule has 0 radical (unpaired) electrons. The number of carbonyl (C=O) groups excluding carboxylic acids is 1. The number of nitrogens with one attached hydrogen (secondary N) is 1. The van der Waals surface area contributed by atoms with Gasteiger partial charge in [0.05, 0.1) is 22.5 Å². The van der Waals surface area contributed by atoms with Gasteiger partial charge in [0.15, 0.2) is 5.71 Å². The Kier molecular flexibility index (Phi) is 6.54. The van der Waals surface area contributed by atoms with Gasteiger partial charge in [-0.15, -0.1) is 0 Å². The van der Waals surface area contributed by atoms with Gasteiger partial charge in [-0.25, -0.2) is 4.79 Å². The molecule has 0 saturated carbocycles. The molecule has 0 unspecified atom stereocenters. The second kappa shape index (κ2) is 9.88. The van der Waals surface area contributed by atoms with Crippen LogP contribution in [0, 0.1) is 13.8 Å². The number of phenols is 1. The van der Waals surface area contributed by atoms with Gasteiger partial charge < -0.3 is 10.2 Å². The lowest BCUT2D eigenvalue weighted by atomic mass is 9.99. The van der Waals surface area contributed by atoms with Crippen LogP contribution in [0.1, 0.15) is 32.6 Å². The average Bonchev–Trinajstić information content (AvgIpc) is 3.18. The molecule has 0 bridgehead atoms. The van der Waals surface area contributed by atoms with Crippen molar-refractivity contribution in [1.29, 1.82) is 0 Å². The van der Waals surface area contributed by atoms with Gasteiger partial charge in [0.25, 0.3) is 5.91 Å². The summed E-state index contributed by atoms with van der Waals surface area (Å²) in [5, 5.41) is 24.6. The smallest absolute Gasteiger partial charge is 0.416 e. The molecule has 0 fully saturated rings. The van der Waals surface area contributed by atoms with E-state index < -0.39 is 23.6 Å². The largest absolute Gasteiger partial charge is 0.507 e. The van der Waals surface area contributed by atoms with Crippen molar-refractivity contribution in [3.8, 4) is 16.9 Å². The molecule has 0 saturated heterocycles. The highest BCUT2D eigenvalue weighted by Crippen LogP contribution is 2.41. The Morgan fingerprint density at radius 1 is 0.925 bits per heavy atom. The zero-order valence-electron chi connectivity index (χ0n) is 21.2. The number of benzene rings is 4. The molecule has 1 heterocycles. The van der Waals surface area contributed by atoms with Gasteiger partial charge in [-0.1, -0.05) is 42.5 Å². The number of alkyl halides is 3. The highest BCUT2D eigenvalue weighted by Gasteiger charge is 2.38. The van der Waals surface area contributed by atoms with Gasteiger partial charge in [-0.3, -0.25) is 15.1 Å². The molecule has 0 aromatic heterocycles. The molecule has 5 rings (SSSR count). The second-order valence-corrected chi connectivity index (χ2v) is 9.29. The number of halogens is 3. The Bertz CT molecular complexity index is 1710. The monoisotopic (exact) mass is 545 g/mol. The number of para-hydroxylation sites is 2. The number of anilines is 3. The van der Waals surface area contributed by atoms with Crippen LogP contribution in [0.4, 0.5) is 30.2 Å². The quantitative estimate of drug-likeness (QED) is 0.237. The SMILES string of the molecule is Cc1cc(C)c2c(c1)N(c1cccc(C(F)(F)F)c1)C(=O)/C2=N\Nc1c(C(=O)O)cccc1-c1ccccc1O. The van der Waals surface area contributed by atoms with Gasteiger partial charge in [0, 0.05) is 22.4 Å². The predicted octanol–water partition coefficient (Wildman–Crippen LogP) is 6.89. The Hall–Kier alpha value is -5.12. The Morgan fingerprint density at radius 2 is 1.62 bits per heavy atom. The fourth-order valence-electron chi connectivity index (χ4n) is 4.82. The summed E-state index contributed by atoms with van der Waals surface area (Å²) < 4.78 is 40.4. The highest BCUT2D eigenvalue weighted by molar-refractivity contribution is 6.56. The molecule has 4 aromatic carbocycles. The maximum atomic E-state index is 13.8. The van der Waals surface area contributed by atoms with Crippen LogP contribution in [0.5, 0.6) is 5.75 Å². The zero-order valence-corrected chi connectivity index (χ0v) is 21.2. The predicted molar refractivity (Wildman–Crippen MR) is 145 cm³/mol. The van der Waals surface area contributed by atoms with E-state index in [1.807, 2.05) is 6.07 Å².